The summed E-state index contributed by atoms with van der Waals surface area (Å²) in [6.45, 7) is -5.81. The van der Waals surface area contributed by atoms with E-state index in [9.17, 15) is 39.9 Å². The van der Waals surface area contributed by atoms with Crippen molar-refractivity contribution in [3.63, 3.8) is 0 Å². The quantitative estimate of drug-likeness (QED) is 0.117. The average Bonchev–Trinajstić information content (AvgIpc) is 3.40. The number of fused-ring (bicyclic) bond motifs is 1. The molecular weight excluding hydrogens is 592 g/mol. The van der Waals surface area contributed by atoms with Crippen LogP contribution in [0.1, 0.15) is 12.6 Å². The molecule has 39 heavy (non-hydrogen) atoms. The molecule has 2 saturated heterocycles. The Hall–Kier alpha value is -1.29. The SMILES string of the molecule is Nc1ncnc2c1ncn2C1OC(COP(O)(=S)OP(=O)(O)OC2OC(CCO)C(O)C(O)C2O)C(O)C1O. The lowest BCUT2D eigenvalue weighted by atomic mass is 9.97. The Morgan fingerprint density at radius 1 is 1.00 bits per heavy atom. The van der Waals surface area contributed by atoms with Crippen LogP contribution in [-0.2, 0) is 39.2 Å². The van der Waals surface area contributed by atoms with E-state index >= 15 is 0 Å². The maximum atomic E-state index is 12.5. The normalized spacial score (nSPS) is 36.6. The topological polar surface area (TPSA) is 295 Å². The Morgan fingerprint density at radius 2 is 1.69 bits per heavy atom. The van der Waals surface area contributed by atoms with Crippen molar-refractivity contribution in [3.05, 3.63) is 12.7 Å². The molecule has 4 rings (SSSR count). The van der Waals surface area contributed by atoms with E-state index in [0.29, 0.717) is 0 Å². The molecule has 0 radical (unpaired) electrons. The molecule has 220 valence electrons. The molecule has 11 unspecified atom stereocenters. The van der Waals surface area contributed by atoms with Crippen LogP contribution >= 0.6 is 14.5 Å². The van der Waals surface area contributed by atoms with Gasteiger partial charge in [-0.15, -0.1) is 0 Å². The fraction of sp³-hybridized carbons (Fsp3) is 0.706. The predicted molar refractivity (Wildman–Crippen MR) is 128 cm³/mol. The number of hydrogen-bond donors (Lipinski definition) is 9. The second-order valence-electron chi connectivity index (χ2n) is 8.58. The summed E-state index contributed by atoms with van der Waals surface area (Å²) in [4.78, 5) is 32.2. The summed E-state index contributed by atoms with van der Waals surface area (Å²) in [6, 6.07) is 0. The largest absolute Gasteiger partial charge is 0.481 e. The number of phosphoric ester groups is 1. The zero-order valence-electron chi connectivity index (χ0n) is 19.7. The molecule has 2 aliphatic rings. The monoisotopic (exact) mass is 619 g/mol. The third-order valence-electron chi connectivity index (χ3n) is 5.93. The van der Waals surface area contributed by atoms with Gasteiger partial charge in [-0.3, -0.25) is 9.09 Å². The molecule has 19 nitrogen and oxygen atoms in total. The minimum atomic E-state index is -5.35. The van der Waals surface area contributed by atoms with E-state index in [4.69, 9.17) is 36.6 Å². The van der Waals surface area contributed by atoms with Gasteiger partial charge in [-0.25, -0.2) is 23.8 Å². The summed E-state index contributed by atoms with van der Waals surface area (Å²) in [5.74, 6) is 0.0705. The Morgan fingerprint density at radius 3 is 2.38 bits per heavy atom. The van der Waals surface area contributed by atoms with Crippen LogP contribution in [0.5, 0.6) is 0 Å². The molecule has 2 aromatic heterocycles. The summed E-state index contributed by atoms with van der Waals surface area (Å²) >= 11 is 4.72. The fourth-order valence-corrected chi connectivity index (χ4v) is 7.09. The van der Waals surface area contributed by atoms with E-state index in [2.05, 4.69) is 23.8 Å². The Kier molecular flexibility index (Phi) is 9.36. The molecule has 0 saturated carbocycles. The number of nitrogen functional groups attached to an aromatic ring is 1. The van der Waals surface area contributed by atoms with Crippen LogP contribution in [-0.4, -0.2) is 122 Å². The minimum absolute atomic E-state index is 0.0705. The van der Waals surface area contributed by atoms with Gasteiger partial charge in [0.2, 0.25) is 0 Å². The highest BCUT2D eigenvalue weighted by Crippen LogP contribution is 2.61. The first-order valence-corrected chi connectivity index (χ1v) is 15.3. The maximum Gasteiger partial charge on any atom is 0.481 e. The number of aliphatic hydroxyl groups excluding tert-OH is 6. The molecule has 2 fully saturated rings. The van der Waals surface area contributed by atoms with Crippen molar-refractivity contribution in [1.82, 2.24) is 19.5 Å². The van der Waals surface area contributed by atoms with Crippen LogP contribution < -0.4 is 5.73 Å². The summed E-state index contributed by atoms with van der Waals surface area (Å²) in [6.07, 6.45) is -12.3. The van der Waals surface area contributed by atoms with Crippen LogP contribution in [0.4, 0.5) is 5.82 Å². The van der Waals surface area contributed by atoms with Crippen molar-refractivity contribution >= 4 is 43.3 Å². The number of ether oxygens (including phenoxy) is 2. The van der Waals surface area contributed by atoms with E-state index in [-0.39, 0.29) is 23.4 Å². The van der Waals surface area contributed by atoms with Gasteiger partial charge in [0.25, 0.3) is 0 Å². The molecule has 2 aliphatic heterocycles. The van der Waals surface area contributed by atoms with Gasteiger partial charge < -0.3 is 60.2 Å². The van der Waals surface area contributed by atoms with Crippen LogP contribution in [0, 0.1) is 0 Å². The number of aromatic nitrogens is 4. The lowest BCUT2D eigenvalue weighted by Crippen LogP contribution is -2.58. The summed E-state index contributed by atoms with van der Waals surface area (Å²) in [5.41, 5.74) is 6.16. The van der Waals surface area contributed by atoms with Gasteiger partial charge in [-0.05, 0) is 18.2 Å². The predicted octanol–water partition coefficient (Wildman–Crippen LogP) is -3.42. The second kappa shape index (κ2) is 11.9. The van der Waals surface area contributed by atoms with Crippen molar-refractivity contribution in [3.8, 4) is 0 Å². The number of phosphoric acid groups is 1. The Labute approximate surface area is 224 Å². The van der Waals surface area contributed by atoms with Gasteiger partial charge in [0.15, 0.2) is 24.0 Å². The summed E-state index contributed by atoms with van der Waals surface area (Å²) in [5, 5.41) is 59.8. The zero-order valence-corrected chi connectivity index (χ0v) is 22.3. The molecule has 11 atom stereocenters. The molecule has 0 aliphatic carbocycles. The van der Waals surface area contributed by atoms with Gasteiger partial charge in [0.1, 0.15) is 48.5 Å². The Bertz CT molecular complexity index is 1260. The fourth-order valence-electron chi connectivity index (χ4n) is 3.99. The number of anilines is 1. The average molecular weight is 619 g/mol. The third-order valence-corrected chi connectivity index (χ3v) is 9.44. The van der Waals surface area contributed by atoms with Gasteiger partial charge in [0, 0.05) is 6.61 Å². The van der Waals surface area contributed by atoms with Crippen LogP contribution in [0.2, 0.25) is 0 Å². The van der Waals surface area contributed by atoms with Crippen molar-refractivity contribution in [1.29, 1.82) is 0 Å². The van der Waals surface area contributed by atoms with E-state index in [0.717, 1.165) is 6.33 Å². The van der Waals surface area contributed by atoms with E-state index < -0.39 is 83.0 Å². The van der Waals surface area contributed by atoms with Crippen LogP contribution in [0.25, 0.3) is 11.2 Å². The highest BCUT2D eigenvalue weighted by atomic mass is 32.5. The number of imidazole rings is 1. The van der Waals surface area contributed by atoms with Gasteiger partial charge in [0.05, 0.1) is 19.0 Å². The smallest absolute Gasteiger partial charge is 0.396 e. The number of nitrogens with zero attached hydrogens (tertiary/aromatic N) is 4. The molecule has 0 aromatic carbocycles. The van der Waals surface area contributed by atoms with Crippen molar-refractivity contribution in [2.75, 3.05) is 18.9 Å². The standard InChI is InChI=1S/C17H27N5O14P2S/c18-14-8-15(20-4-19-14)22(5-21-8)16-12(27)10(25)7(33-16)3-32-38(31,39)36-37(29,30)35-17-13(28)11(26)9(24)6(34-17)1-2-23/h4-7,9-13,16-17,23-28H,1-3H2,(H,29,30)(H,31,39)(H2,18,19,20). The molecule has 0 spiro atoms. The van der Waals surface area contributed by atoms with Crippen molar-refractivity contribution in [2.45, 2.75) is 61.7 Å². The molecular formula is C17H27N5O14P2S. The summed E-state index contributed by atoms with van der Waals surface area (Å²) in [7, 11) is -5.35. The molecule has 10 N–H and O–H groups in total. The molecule has 0 amide bonds. The third kappa shape index (κ3) is 6.62. The van der Waals surface area contributed by atoms with Crippen LogP contribution in [0.15, 0.2) is 12.7 Å². The van der Waals surface area contributed by atoms with Crippen molar-refractivity contribution in [2.24, 2.45) is 0 Å². The first-order valence-electron chi connectivity index (χ1n) is 11.2. The molecule has 0 bridgehead atoms. The van der Waals surface area contributed by atoms with Gasteiger partial charge in [-0.2, -0.15) is 0 Å². The van der Waals surface area contributed by atoms with Gasteiger partial charge >= 0.3 is 14.5 Å². The molecule has 22 heteroatoms. The lowest BCUT2D eigenvalue weighted by Gasteiger charge is -2.40. The number of rotatable bonds is 10. The first kappa shape index (κ1) is 30.7. The minimum Gasteiger partial charge on any atom is -0.396 e. The number of aliphatic hydroxyl groups is 6. The highest BCUT2D eigenvalue weighted by Gasteiger charge is 2.49. The zero-order chi connectivity index (χ0) is 28.7. The highest BCUT2D eigenvalue weighted by molar-refractivity contribution is 8.08. The molecule has 4 heterocycles. The van der Waals surface area contributed by atoms with Crippen LogP contribution in [0.3, 0.4) is 0 Å². The first-order chi connectivity index (χ1) is 18.2. The van der Waals surface area contributed by atoms with E-state index in [1.54, 1.807) is 0 Å². The lowest BCUT2D eigenvalue weighted by molar-refractivity contribution is -0.277. The van der Waals surface area contributed by atoms with Gasteiger partial charge in [-0.1, -0.05) is 0 Å². The number of nitrogens with two attached hydrogens (primary N) is 1. The number of hydrogen-bond acceptors (Lipinski definition) is 17. The van der Waals surface area contributed by atoms with E-state index in [1.165, 1.54) is 10.9 Å². The second-order valence-corrected chi connectivity index (χ2v) is 13.0. The Balaban J connectivity index is 1.37. The molecule has 2 aromatic rings. The van der Waals surface area contributed by atoms with E-state index in [1.807, 2.05) is 0 Å². The summed E-state index contributed by atoms with van der Waals surface area (Å²) < 4.78 is 38.7. The maximum absolute atomic E-state index is 12.5. The van der Waals surface area contributed by atoms with Crippen molar-refractivity contribution < 1.29 is 67.8 Å².